The van der Waals surface area contributed by atoms with Gasteiger partial charge in [0.15, 0.2) is 0 Å². The number of esters is 5. The van der Waals surface area contributed by atoms with Crippen molar-refractivity contribution in [3.05, 3.63) is 203 Å². The smallest absolute Gasteiger partial charge is 0.328 e. The summed E-state index contributed by atoms with van der Waals surface area (Å²) in [6.45, 7) is 28.1. The number of hydrogen-bond donors (Lipinski definition) is 0. The minimum absolute atomic E-state index is 0.0844. The molecule has 0 atom stereocenters. The van der Waals surface area contributed by atoms with E-state index in [1.807, 2.05) is 181 Å². The number of aromatic nitrogens is 20. The average molecular weight is 1940 g/mol. The minimum Gasteiger partial charge on any atom is -0.468 e. The fraction of sp³-hybridized carbons (Fsp3) is 0.333. The monoisotopic (exact) mass is 1930 g/mol. The van der Waals surface area contributed by atoms with Crippen molar-refractivity contribution in [2.24, 2.45) is 0 Å². The van der Waals surface area contributed by atoms with Crippen molar-refractivity contribution in [2.45, 2.75) is 123 Å². The van der Waals surface area contributed by atoms with Gasteiger partial charge in [0.2, 0.25) is 29.5 Å². The van der Waals surface area contributed by atoms with Crippen molar-refractivity contribution in [3.8, 4) is 115 Å². The number of aryl methyl sites for hydroxylation is 10. The highest BCUT2D eigenvalue weighted by atomic mass is 35.5. The van der Waals surface area contributed by atoms with E-state index in [0.717, 1.165) is 68.7 Å². The first-order valence-electron chi connectivity index (χ1n) is 41.5. The van der Waals surface area contributed by atoms with E-state index in [1.54, 1.807) is 41.5 Å². The molecule has 0 N–H and O–H groups in total. The Kier molecular flexibility index (Phi) is 35.8. The Labute approximate surface area is 794 Å². The quantitative estimate of drug-likeness (QED) is 0.0221. The molecule has 10 heterocycles. The molecular weight excluding hydrogens is 1840 g/mol. The number of rotatable bonds is 31. The summed E-state index contributed by atoms with van der Waals surface area (Å²) in [5.74, 6) is 1.02. The lowest BCUT2D eigenvalue weighted by atomic mass is 10.1. The molecule has 0 bridgehead atoms. The van der Waals surface area contributed by atoms with Gasteiger partial charge in [0.05, 0.1) is 67.3 Å². The van der Waals surface area contributed by atoms with Crippen LogP contribution in [0.5, 0.6) is 0 Å². The lowest BCUT2D eigenvalue weighted by Crippen LogP contribution is -2.28. The highest BCUT2D eigenvalue weighted by Gasteiger charge is 2.30. The molecular formula is C90H97Cl5N22O15S. The maximum absolute atomic E-state index is 12.3. The van der Waals surface area contributed by atoms with E-state index in [2.05, 4.69) is 100.0 Å². The van der Waals surface area contributed by atoms with Crippen LogP contribution >= 0.6 is 69.8 Å². The summed E-state index contributed by atoms with van der Waals surface area (Å²) in [6.07, 6.45) is 1.85. The number of hydrogen-bond acceptors (Lipinski definition) is 33. The molecule has 0 aliphatic carbocycles. The van der Waals surface area contributed by atoms with E-state index >= 15 is 0 Å². The third-order valence-electron chi connectivity index (χ3n) is 19.4. The predicted octanol–water partition coefficient (Wildman–Crippen LogP) is 16.9. The second-order valence-electron chi connectivity index (χ2n) is 30.0. The number of carbonyl (C=O) groups is 5. The molecule has 15 aromatic rings. The number of likely N-dealkylation sites (N-methyl/N-ethyl adjacent to an activating group) is 2. The molecule has 43 heteroatoms. The number of ether oxygens (including phenoxy) is 5. The van der Waals surface area contributed by atoms with Crippen molar-refractivity contribution in [3.63, 3.8) is 0 Å². The summed E-state index contributed by atoms with van der Waals surface area (Å²) >= 11 is 33.2. The van der Waals surface area contributed by atoms with E-state index in [0.29, 0.717) is 144 Å². The molecule has 0 saturated carbocycles. The van der Waals surface area contributed by atoms with Gasteiger partial charge in [0, 0.05) is 40.9 Å². The van der Waals surface area contributed by atoms with Gasteiger partial charge >= 0.3 is 29.8 Å². The maximum Gasteiger partial charge on any atom is 0.328 e. The Morgan fingerprint density at radius 3 is 0.797 bits per heavy atom. The first kappa shape index (κ1) is 100. The van der Waals surface area contributed by atoms with Gasteiger partial charge in [0.1, 0.15) is 80.3 Å². The fourth-order valence-electron chi connectivity index (χ4n) is 12.8. The zero-order valence-corrected chi connectivity index (χ0v) is 80.6. The van der Waals surface area contributed by atoms with Gasteiger partial charge < -0.3 is 55.6 Å². The molecule has 0 spiro atoms. The predicted molar refractivity (Wildman–Crippen MR) is 499 cm³/mol. The summed E-state index contributed by atoms with van der Waals surface area (Å²) in [4.78, 5) is 63.9. The van der Waals surface area contributed by atoms with E-state index in [-0.39, 0.29) is 68.1 Å². The summed E-state index contributed by atoms with van der Waals surface area (Å²) in [7, 11) is 5.12. The van der Waals surface area contributed by atoms with Crippen LogP contribution in [0.2, 0.25) is 25.1 Å². The Bertz CT molecular complexity index is 6530. The van der Waals surface area contributed by atoms with Crippen LogP contribution in [0.4, 0.5) is 0 Å². The molecule has 0 aliphatic rings. The summed E-state index contributed by atoms with van der Waals surface area (Å²) < 4.78 is 61.4. The second-order valence-corrected chi connectivity index (χ2v) is 32.7. The van der Waals surface area contributed by atoms with E-state index in [4.69, 9.17) is 99.0 Å². The first-order chi connectivity index (χ1) is 63.7. The molecule has 0 saturated heterocycles. The highest BCUT2D eigenvalue weighted by Crippen LogP contribution is 2.38. The van der Waals surface area contributed by atoms with Crippen molar-refractivity contribution in [1.82, 2.24) is 110 Å². The summed E-state index contributed by atoms with van der Waals surface area (Å²) in [5.41, 5.74) is 14.3. The largest absolute Gasteiger partial charge is 0.468 e. The number of halogens is 5. The number of nitrogens with zero attached hydrogens (tertiary/aromatic N) is 22. The standard InChI is InChI=1S/C21H26ClN5O3.C19H22ClN5O3.C17H17ClN4O3S.C17H17ClN4O3.C16H15ClN4O3/c1-5-26(6-2)10-11-29-17(28)13-27-19(18(22)15(4)25-27)21-24-23-20(30-21)16-9-7-8-14(3)12-16;1-12-6-5-7-14(10-12)18-21-22-19(28-18)17-16(20)13(2)23-25(17)11-15(26)27-9-8-24(3)4;1-10-5-4-6-12(7-10)16-19-20-17(25-16)15-14(18)11(2)21-22(15)8-13(23)24-9-26-3;1-4-24-13(23)9-22-15(14(18)11(3)21-22)17-20-19-16(25-17)12-7-5-6-10(2)8-12;1-9-5-4-6-11(7-9)15-18-19-16(24-15)14-13(17)10(2)20-21(14)8-12(22)23-3/h7-9,12H,5-6,10-11,13H2,1-4H3;5-7,10H,8-9,11H2,1-4H3;4-7H,8-9H2,1-3H3;5-8H,4,9H2,1-3H3;4-7H,8H2,1-3H3. The SMILES string of the molecule is CCN(CC)CCOC(=O)Cn1nc(C)c(Cl)c1-c1nnc(-c2cccc(C)c2)o1.CCOC(=O)Cn1nc(C)c(Cl)c1-c1nnc(-c2cccc(C)c2)o1.COC(=O)Cn1nc(C)c(Cl)c1-c1nnc(-c2cccc(C)c2)o1.CSCOC(=O)Cn1nc(C)c(Cl)c1-c1nnc(-c2cccc(C)c2)o1.Cc1cccc(-c2nnc(-c3c(Cl)c(C)nn3CC(=O)OCCN(C)C)o2)c1. The topological polar surface area (TPSA) is 422 Å². The van der Waals surface area contributed by atoms with Gasteiger partial charge in [-0.2, -0.15) is 25.5 Å². The van der Waals surface area contributed by atoms with Gasteiger partial charge in [-0.15, -0.1) is 62.7 Å². The van der Waals surface area contributed by atoms with Crippen LogP contribution in [0.25, 0.3) is 115 Å². The number of carbonyl (C=O) groups excluding carboxylic acids is 5. The number of benzene rings is 5. The average Bonchev–Trinajstić information content (AvgIpc) is 1.66. The molecule has 15 rings (SSSR count). The Balaban J connectivity index is 0.000000160. The van der Waals surface area contributed by atoms with Crippen molar-refractivity contribution in [2.75, 3.05) is 79.4 Å². The zero-order chi connectivity index (χ0) is 95.9. The van der Waals surface area contributed by atoms with Gasteiger partial charge in [0.25, 0.3) is 29.5 Å². The van der Waals surface area contributed by atoms with Crippen molar-refractivity contribution in [1.29, 1.82) is 0 Å². The Morgan fingerprint density at radius 2 is 0.571 bits per heavy atom. The van der Waals surface area contributed by atoms with E-state index in [9.17, 15) is 24.0 Å². The molecule has 37 nitrogen and oxygen atoms in total. The lowest BCUT2D eigenvalue weighted by Gasteiger charge is -2.17. The molecule has 0 radical (unpaired) electrons. The van der Waals surface area contributed by atoms with Crippen LogP contribution in [-0.4, -0.2) is 219 Å². The minimum atomic E-state index is -0.450. The van der Waals surface area contributed by atoms with Crippen LogP contribution in [0.3, 0.4) is 0 Å². The molecule has 10 aromatic heterocycles. The Hall–Kier alpha value is -13.1. The van der Waals surface area contributed by atoms with E-state index < -0.39 is 29.8 Å². The molecule has 0 unspecified atom stereocenters. The second kappa shape index (κ2) is 47.3. The van der Waals surface area contributed by atoms with Gasteiger partial charge in [-0.25, -0.2) is 23.4 Å². The lowest BCUT2D eigenvalue weighted by molar-refractivity contribution is -0.145. The molecule has 0 fully saturated rings. The van der Waals surface area contributed by atoms with Gasteiger partial charge in [-0.1, -0.05) is 160 Å². The molecule has 133 heavy (non-hydrogen) atoms. The molecule has 0 amide bonds. The van der Waals surface area contributed by atoms with Crippen LogP contribution in [0.1, 0.15) is 77.1 Å². The third kappa shape index (κ3) is 26.7. The molecule has 698 valence electrons. The highest BCUT2D eigenvalue weighted by molar-refractivity contribution is 7.98. The van der Waals surface area contributed by atoms with Crippen LogP contribution in [0, 0.1) is 69.2 Å². The summed E-state index contributed by atoms with van der Waals surface area (Å²) in [6, 6.07) is 38.6. The van der Waals surface area contributed by atoms with E-state index in [1.165, 1.54) is 42.3 Å². The maximum atomic E-state index is 12.3. The van der Waals surface area contributed by atoms with Crippen molar-refractivity contribution >= 4 is 99.6 Å². The fourth-order valence-corrected chi connectivity index (χ4v) is 14.1. The van der Waals surface area contributed by atoms with Gasteiger partial charge in [-0.05, 0) is 170 Å². The van der Waals surface area contributed by atoms with Crippen LogP contribution in [-0.2, 0) is 80.4 Å². The van der Waals surface area contributed by atoms with Crippen LogP contribution < -0.4 is 0 Å². The zero-order valence-electron chi connectivity index (χ0n) is 76.0. The molecule has 5 aromatic carbocycles. The van der Waals surface area contributed by atoms with Crippen molar-refractivity contribution < 1.29 is 69.7 Å². The summed E-state index contributed by atoms with van der Waals surface area (Å²) in [5, 5.41) is 64.1. The number of thioether (sulfide) groups is 1. The molecule has 0 aliphatic heterocycles. The normalized spacial score (nSPS) is 11.0. The number of methoxy groups -OCH3 is 1. The third-order valence-corrected chi connectivity index (χ3v) is 22.0. The van der Waals surface area contributed by atoms with Gasteiger partial charge in [-0.3, -0.25) is 24.0 Å². The Morgan fingerprint density at radius 1 is 0.338 bits per heavy atom. The van der Waals surface area contributed by atoms with Crippen LogP contribution in [0.15, 0.2) is 143 Å². The first-order valence-corrected chi connectivity index (χ1v) is 44.8.